The molecule has 1 heterocycles. The van der Waals surface area contributed by atoms with Gasteiger partial charge in [-0.1, -0.05) is 6.07 Å². The highest BCUT2D eigenvalue weighted by Crippen LogP contribution is 2.32. The molecule has 0 spiro atoms. The Hall–Kier alpha value is -2.91. The first-order chi connectivity index (χ1) is 13.7. The van der Waals surface area contributed by atoms with Crippen LogP contribution in [0.5, 0.6) is 11.5 Å². The van der Waals surface area contributed by atoms with E-state index in [0.717, 1.165) is 0 Å². The first-order valence-electron chi connectivity index (χ1n) is 8.88. The molecule has 9 heteroatoms. The van der Waals surface area contributed by atoms with Gasteiger partial charge in [-0.3, -0.25) is 4.79 Å². The summed E-state index contributed by atoms with van der Waals surface area (Å²) in [6.07, 6.45) is 0. The molecular formula is C20H21NO7S. The number of fused-ring (bicyclic) bond motifs is 1. The summed E-state index contributed by atoms with van der Waals surface area (Å²) in [7, 11) is -2.27. The third-order valence-corrected chi connectivity index (χ3v) is 6.53. The highest BCUT2D eigenvalue weighted by atomic mass is 32.2. The Morgan fingerprint density at radius 2 is 1.79 bits per heavy atom. The van der Waals surface area contributed by atoms with E-state index in [0.29, 0.717) is 17.1 Å². The summed E-state index contributed by atoms with van der Waals surface area (Å²) in [5, 5.41) is 0. The van der Waals surface area contributed by atoms with Gasteiger partial charge in [0.05, 0.1) is 10.5 Å². The summed E-state index contributed by atoms with van der Waals surface area (Å²) in [4.78, 5) is 24.6. The molecule has 2 aromatic rings. The van der Waals surface area contributed by atoms with Crippen LogP contribution in [0.15, 0.2) is 47.4 Å². The largest absolute Gasteiger partial charge is 0.454 e. The zero-order valence-electron chi connectivity index (χ0n) is 16.2. The van der Waals surface area contributed by atoms with Gasteiger partial charge in [-0.15, -0.1) is 0 Å². The van der Waals surface area contributed by atoms with Crippen LogP contribution in [0, 0.1) is 0 Å². The minimum atomic E-state index is -3.74. The number of ether oxygens (including phenoxy) is 3. The Morgan fingerprint density at radius 3 is 2.52 bits per heavy atom. The first kappa shape index (κ1) is 20.8. The third-order valence-electron chi connectivity index (χ3n) is 4.50. The van der Waals surface area contributed by atoms with Crippen LogP contribution in [0.25, 0.3) is 0 Å². The molecule has 0 saturated carbocycles. The van der Waals surface area contributed by atoms with Crippen LogP contribution in [0.2, 0.25) is 0 Å². The summed E-state index contributed by atoms with van der Waals surface area (Å²) in [6.45, 7) is 3.10. The van der Waals surface area contributed by atoms with Crippen molar-refractivity contribution in [3.05, 3.63) is 53.6 Å². The topological polar surface area (TPSA) is 99.2 Å². The van der Waals surface area contributed by atoms with Crippen LogP contribution in [-0.4, -0.2) is 51.0 Å². The number of hydrogen-bond acceptors (Lipinski definition) is 7. The van der Waals surface area contributed by atoms with Crippen molar-refractivity contribution in [3.63, 3.8) is 0 Å². The fraction of sp³-hybridized carbons (Fsp3) is 0.300. The van der Waals surface area contributed by atoms with Gasteiger partial charge in [-0.05, 0) is 50.2 Å². The molecule has 0 saturated heterocycles. The summed E-state index contributed by atoms with van der Waals surface area (Å²) >= 11 is 0. The maximum Gasteiger partial charge on any atom is 0.338 e. The average Bonchev–Trinajstić information content (AvgIpc) is 3.18. The molecule has 0 aromatic heterocycles. The molecule has 0 fully saturated rings. The molecule has 0 bridgehead atoms. The van der Waals surface area contributed by atoms with E-state index >= 15 is 0 Å². The third kappa shape index (κ3) is 4.41. The normalized spacial score (nSPS) is 13.0. The lowest BCUT2D eigenvalue weighted by atomic mass is 10.1. The second kappa shape index (κ2) is 8.22. The van der Waals surface area contributed by atoms with E-state index in [4.69, 9.17) is 14.2 Å². The first-order valence-corrected chi connectivity index (χ1v) is 10.3. The zero-order valence-corrected chi connectivity index (χ0v) is 17.1. The molecule has 1 aliphatic heterocycles. The van der Waals surface area contributed by atoms with E-state index in [1.54, 1.807) is 26.0 Å². The molecule has 8 nitrogen and oxygen atoms in total. The Morgan fingerprint density at radius 1 is 1.07 bits per heavy atom. The van der Waals surface area contributed by atoms with Gasteiger partial charge in [0.25, 0.3) is 0 Å². The number of rotatable bonds is 7. The molecule has 0 atom stereocenters. The molecular weight excluding hydrogens is 398 g/mol. The van der Waals surface area contributed by atoms with Crippen molar-refractivity contribution in [2.24, 2.45) is 0 Å². The maximum atomic E-state index is 12.6. The predicted octanol–water partition coefficient (Wildman–Crippen LogP) is 2.48. The Labute approximate surface area is 169 Å². The van der Waals surface area contributed by atoms with Gasteiger partial charge in [-0.25, -0.2) is 13.2 Å². The van der Waals surface area contributed by atoms with Crippen molar-refractivity contribution in [3.8, 4) is 11.5 Å². The van der Waals surface area contributed by atoms with Crippen LogP contribution in [0.4, 0.5) is 0 Å². The van der Waals surface area contributed by atoms with Gasteiger partial charge in [0.1, 0.15) is 0 Å². The number of ketones is 1. The molecule has 2 aromatic carbocycles. The molecule has 0 radical (unpaired) electrons. The molecule has 154 valence electrons. The van der Waals surface area contributed by atoms with Crippen LogP contribution in [0.1, 0.15) is 34.6 Å². The van der Waals surface area contributed by atoms with E-state index in [9.17, 15) is 18.0 Å². The fourth-order valence-electron chi connectivity index (χ4n) is 2.60. The molecule has 1 aliphatic rings. The lowest BCUT2D eigenvalue weighted by Crippen LogP contribution is -2.33. The smallest absolute Gasteiger partial charge is 0.338 e. The van der Waals surface area contributed by atoms with Gasteiger partial charge in [0.15, 0.2) is 23.9 Å². The monoisotopic (exact) mass is 419 g/mol. The highest BCUT2D eigenvalue weighted by molar-refractivity contribution is 7.89. The Kier molecular flexibility index (Phi) is 5.90. The van der Waals surface area contributed by atoms with Crippen LogP contribution in [0.3, 0.4) is 0 Å². The minimum Gasteiger partial charge on any atom is -0.454 e. The average molecular weight is 419 g/mol. The predicted molar refractivity (Wildman–Crippen MR) is 104 cm³/mol. The number of esters is 1. The van der Waals surface area contributed by atoms with Crippen molar-refractivity contribution in [2.45, 2.75) is 24.8 Å². The number of sulfonamides is 1. The summed E-state index contributed by atoms with van der Waals surface area (Å²) in [5.74, 6) is -0.208. The Bertz CT molecular complexity index is 1050. The highest BCUT2D eigenvalue weighted by Gasteiger charge is 2.24. The molecule has 0 N–H and O–H groups in total. The number of carbonyl (C=O) groups is 2. The van der Waals surface area contributed by atoms with E-state index in [1.807, 2.05) is 0 Å². The zero-order chi connectivity index (χ0) is 21.2. The van der Waals surface area contributed by atoms with E-state index < -0.39 is 28.4 Å². The van der Waals surface area contributed by atoms with Crippen molar-refractivity contribution in [1.29, 1.82) is 0 Å². The van der Waals surface area contributed by atoms with E-state index in [2.05, 4.69) is 0 Å². The van der Waals surface area contributed by atoms with Crippen molar-refractivity contribution in [2.75, 3.05) is 20.4 Å². The molecule has 0 unspecified atom stereocenters. The second-order valence-corrected chi connectivity index (χ2v) is 8.71. The van der Waals surface area contributed by atoms with Crippen LogP contribution < -0.4 is 9.47 Å². The SMILES string of the molecule is CC(C)N(C)S(=O)(=O)c1cccc(C(=O)OCC(=O)c2ccc3c(c2)OCO3)c1. The minimum absolute atomic E-state index is 0.0229. The standard InChI is InChI=1S/C20H21NO7S/c1-13(2)21(3)29(24,25)16-6-4-5-15(9-16)20(23)26-11-17(22)14-7-8-18-19(10-14)28-12-27-18/h4-10,13H,11-12H2,1-3H3. The van der Waals surface area contributed by atoms with Crippen molar-refractivity contribution >= 4 is 21.8 Å². The second-order valence-electron chi connectivity index (χ2n) is 6.71. The fourth-order valence-corrected chi connectivity index (χ4v) is 4.01. The quantitative estimate of drug-likeness (QED) is 0.502. The van der Waals surface area contributed by atoms with E-state index in [1.165, 1.54) is 41.7 Å². The Balaban J connectivity index is 1.69. The molecule has 29 heavy (non-hydrogen) atoms. The van der Waals surface area contributed by atoms with Crippen LogP contribution in [-0.2, 0) is 14.8 Å². The van der Waals surface area contributed by atoms with Crippen LogP contribution >= 0.6 is 0 Å². The van der Waals surface area contributed by atoms with Gasteiger partial charge in [0, 0.05) is 18.7 Å². The number of hydrogen-bond donors (Lipinski definition) is 0. The number of Topliss-reactive ketones (excluding diaryl/α,β-unsaturated/α-hetero) is 1. The van der Waals surface area contributed by atoms with Gasteiger partial charge < -0.3 is 14.2 Å². The van der Waals surface area contributed by atoms with Gasteiger partial charge in [0.2, 0.25) is 16.8 Å². The maximum absolute atomic E-state index is 12.6. The lowest BCUT2D eigenvalue weighted by Gasteiger charge is -2.21. The molecule has 0 amide bonds. The number of benzene rings is 2. The van der Waals surface area contributed by atoms with Gasteiger partial charge >= 0.3 is 5.97 Å². The van der Waals surface area contributed by atoms with Gasteiger partial charge in [-0.2, -0.15) is 4.31 Å². The summed E-state index contributed by atoms with van der Waals surface area (Å²) in [6, 6.07) is 9.97. The molecule has 3 rings (SSSR count). The number of nitrogens with zero attached hydrogens (tertiary/aromatic N) is 1. The summed E-state index contributed by atoms with van der Waals surface area (Å²) < 4.78 is 41.9. The van der Waals surface area contributed by atoms with E-state index in [-0.39, 0.29) is 23.3 Å². The summed E-state index contributed by atoms with van der Waals surface area (Å²) in [5.41, 5.74) is 0.360. The van der Waals surface area contributed by atoms with Crippen molar-refractivity contribution < 1.29 is 32.2 Å². The lowest BCUT2D eigenvalue weighted by molar-refractivity contribution is 0.0474. The van der Waals surface area contributed by atoms with Crippen molar-refractivity contribution in [1.82, 2.24) is 4.31 Å². The number of carbonyl (C=O) groups excluding carboxylic acids is 2. The molecule has 0 aliphatic carbocycles.